The molecule has 0 radical (unpaired) electrons. The van der Waals surface area contributed by atoms with Gasteiger partial charge in [0.2, 0.25) is 5.91 Å². The number of carbonyl (C=O) groups excluding carboxylic acids is 3. The molecule has 1 atom stereocenters. The highest BCUT2D eigenvalue weighted by molar-refractivity contribution is 7.14. The molecule has 148 valence electrons. The van der Waals surface area contributed by atoms with Gasteiger partial charge in [0.15, 0.2) is 0 Å². The zero-order valence-electron chi connectivity index (χ0n) is 16.2. The first-order valence-corrected chi connectivity index (χ1v) is 10.3. The van der Waals surface area contributed by atoms with Crippen molar-refractivity contribution in [1.82, 2.24) is 20.7 Å². The van der Waals surface area contributed by atoms with Gasteiger partial charge in [0.25, 0.3) is 5.91 Å². The maximum absolute atomic E-state index is 12.4. The maximum atomic E-state index is 12.4. The highest BCUT2D eigenvalue weighted by Gasteiger charge is 2.28. The number of hydrogen-bond acceptors (Lipinski definition) is 4. The summed E-state index contributed by atoms with van der Waals surface area (Å²) in [5, 5.41) is 0. The second-order valence-electron chi connectivity index (χ2n) is 7.79. The van der Waals surface area contributed by atoms with Gasteiger partial charge in [-0.3, -0.25) is 20.4 Å². The molecule has 4 amide bonds. The Bertz CT molecular complexity index is 723. The molecule has 0 spiro atoms. The van der Waals surface area contributed by atoms with Crippen LogP contribution in [0.5, 0.6) is 0 Å². The van der Waals surface area contributed by atoms with Crippen LogP contribution in [0.3, 0.4) is 0 Å². The molecule has 27 heavy (non-hydrogen) atoms. The van der Waals surface area contributed by atoms with Crippen LogP contribution in [-0.2, 0) is 17.6 Å². The van der Waals surface area contributed by atoms with E-state index in [0.717, 1.165) is 12.8 Å². The molecule has 3 rings (SSSR count). The van der Waals surface area contributed by atoms with Crippen LogP contribution in [0, 0.1) is 11.8 Å². The van der Waals surface area contributed by atoms with Crippen LogP contribution in [0.4, 0.5) is 4.79 Å². The molecule has 1 unspecified atom stereocenters. The van der Waals surface area contributed by atoms with Gasteiger partial charge in [-0.1, -0.05) is 6.92 Å². The average Bonchev–Trinajstić information content (AvgIpc) is 3.08. The number of aryl methyl sites for hydroxylation is 1. The maximum Gasteiger partial charge on any atom is 0.319 e. The summed E-state index contributed by atoms with van der Waals surface area (Å²) in [6, 6.07) is 1.93. The Kier molecular flexibility index (Phi) is 6.04. The van der Waals surface area contributed by atoms with Gasteiger partial charge in [-0.15, -0.1) is 11.3 Å². The van der Waals surface area contributed by atoms with Gasteiger partial charge in [0.1, 0.15) is 0 Å². The Balaban J connectivity index is 1.47. The van der Waals surface area contributed by atoms with E-state index in [0.29, 0.717) is 36.7 Å². The molecule has 2 N–H and O–H groups in total. The highest BCUT2D eigenvalue weighted by atomic mass is 32.1. The lowest BCUT2D eigenvalue weighted by Gasteiger charge is -2.32. The summed E-state index contributed by atoms with van der Waals surface area (Å²) in [7, 11) is 3.44. The number of nitrogens with one attached hydrogen (secondary N) is 2. The molecule has 8 heteroatoms. The number of hydrazine groups is 1. The minimum absolute atomic E-state index is 0.0295. The van der Waals surface area contributed by atoms with E-state index >= 15 is 0 Å². The van der Waals surface area contributed by atoms with E-state index in [4.69, 9.17) is 0 Å². The predicted octanol–water partition coefficient (Wildman–Crippen LogP) is 2.03. The van der Waals surface area contributed by atoms with Crippen molar-refractivity contribution in [2.24, 2.45) is 11.8 Å². The van der Waals surface area contributed by atoms with Gasteiger partial charge in [0, 0.05) is 38.0 Å². The Morgan fingerprint density at radius 2 is 1.85 bits per heavy atom. The average molecular weight is 393 g/mol. The third-order valence-electron chi connectivity index (χ3n) is 5.37. The quantitative estimate of drug-likeness (QED) is 0.756. The summed E-state index contributed by atoms with van der Waals surface area (Å²) in [4.78, 5) is 41.9. The summed E-state index contributed by atoms with van der Waals surface area (Å²) < 4.78 is 0. The summed E-state index contributed by atoms with van der Waals surface area (Å²) >= 11 is 1.53. The fraction of sp³-hybridized carbons (Fsp3) is 0.632. The molecule has 7 nitrogen and oxygen atoms in total. The number of rotatable bonds is 2. The lowest BCUT2D eigenvalue weighted by atomic mass is 9.90. The van der Waals surface area contributed by atoms with Crippen LogP contribution in [0.15, 0.2) is 6.07 Å². The van der Waals surface area contributed by atoms with Crippen molar-refractivity contribution in [2.45, 2.75) is 39.0 Å². The van der Waals surface area contributed by atoms with Crippen LogP contribution in [0.1, 0.15) is 46.3 Å². The Labute approximate surface area is 164 Å². The van der Waals surface area contributed by atoms with Crippen LogP contribution in [-0.4, -0.2) is 54.8 Å². The molecule has 2 aliphatic rings. The van der Waals surface area contributed by atoms with Crippen molar-refractivity contribution in [3.8, 4) is 0 Å². The van der Waals surface area contributed by atoms with Crippen molar-refractivity contribution in [2.75, 3.05) is 27.2 Å². The largest absolute Gasteiger partial charge is 0.331 e. The molecule has 0 bridgehead atoms. The van der Waals surface area contributed by atoms with Gasteiger partial charge < -0.3 is 9.80 Å². The third-order valence-corrected chi connectivity index (χ3v) is 6.61. The standard InChI is InChI=1S/C19H28N4O3S/c1-12-4-5-15-14(10-12)11-16(27-15)18(25)21-20-17(24)13-6-8-23(9-7-13)19(26)22(2)3/h11-13H,4-10H2,1-3H3,(H,20,24)(H,21,25). The topological polar surface area (TPSA) is 81.8 Å². The third kappa shape index (κ3) is 4.61. The van der Waals surface area contributed by atoms with Crippen LogP contribution >= 0.6 is 11.3 Å². The number of hydrogen-bond donors (Lipinski definition) is 2. The lowest BCUT2D eigenvalue weighted by Crippen LogP contribution is -2.49. The first-order chi connectivity index (χ1) is 12.8. The van der Waals surface area contributed by atoms with E-state index < -0.39 is 0 Å². The molecule has 1 aliphatic carbocycles. The van der Waals surface area contributed by atoms with Crippen LogP contribution < -0.4 is 10.9 Å². The number of nitrogens with zero attached hydrogens (tertiary/aromatic N) is 2. The number of amides is 4. The second kappa shape index (κ2) is 8.29. The molecule has 1 fully saturated rings. The van der Waals surface area contributed by atoms with Gasteiger partial charge in [-0.05, 0) is 49.7 Å². The lowest BCUT2D eigenvalue weighted by molar-refractivity contribution is -0.127. The van der Waals surface area contributed by atoms with Gasteiger partial charge in [-0.2, -0.15) is 0 Å². The highest BCUT2D eigenvalue weighted by Crippen LogP contribution is 2.32. The van der Waals surface area contributed by atoms with Crippen LogP contribution in [0.25, 0.3) is 0 Å². The van der Waals surface area contributed by atoms with Gasteiger partial charge in [0.05, 0.1) is 4.88 Å². The molecular weight excluding hydrogens is 364 g/mol. The summed E-state index contributed by atoms with van der Waals surface area (Å²) in [6.45, 7) is 3.34. The van der Waals surface area contributed by atoms with E-state index in [1.165, 1.54) is 28.2 Å². The normalized spacial score (nSPS) is 20.0. The Morgan fingerprint density at radius 3 is 2.52 bits per heavy atom. The predicted molar refractivity (Wildman–Crippen MR) is 104 cm³/mol. The molecule has 1 aromatic heterocycles. The summed E-state index contributed by atoms with van der Waals surface area (Å²) in [5.41, 5.74) is 6.38. The summed E-state index contributed by atoms with van der Waals surface area (Å²) in [6.07, 6.45) is 4.43. The van der Waals surface area contributed by atoms with E-state index in [2.05, 4.69) is 17.8 Å². The molecule has 2 heterocycles. The molecular formula is C19H28N4O3S. The number of piperidine rings is 1. The molecule has 0 aromatic carbocycles. The molecule has 0 saturated carbocycles. The zero-order chi connectivity index (χ0) is 19.6. The minimum atomic E-state index is -0.254. The van der Waals surface area contributed by atoms with Crippen molar-refractivity contribution in [1.29, 1.82) is 0 Å². The second-order valence-corrected chi connectivity index (χ2v) is 8.93. The van der Waals surface area contributed by atoms with E-state index in [9.17, 15) is 14.4 Å². The Hall–Kier alpha value is -2.09. The minimum Gasteiger partial charge on any atom is -0.331 e. The zero-order valence-corrected chi connectivity index (χ0v) is 17.0. The fourth-order valence-corrected chi connectivity index (χ4v) is 4.82. The first kappa shape index (κ1) is 19.7. The van der Waals surface area contributed by atoms with Gasteiger partial charge >= 0.3 is 6.03 Å². The smallest absolute Gasteiger partial charge is 0.319 e. The summed E-state index contributed by atoms with van der Waals surface area (Å²) in [5.74, 6) is 0.0349. The Morgan fingerprint density at radius 1 is 1.15 bits per heavy atom. The van der Waals surface area contributed by atoms with E-state index in [-0.39, 0.29) is 23.8 Å². The molecule has 1 saturated heterocycles. The first-order valence-electron chi connectivity index (χ1n) is 9.53. The fourth-order valence-electron chi connectivity index (χ4n) is 3.72. The van der Waals surface area contributed by atoms with Gasteiger partial charge in [-0.25, -0.2) is 4.79 Å². The van der Waals surface area contributed by atoms with Crippen molar-refractivity contribution >= 4 is 29.2 Å². The number of carbonyl (C=O) groups is 3. The molecule has 1 aromatic rings. The van der Waals surface area contributed by atoms with Crippen molar-refractivity contribution in [3.63, 3.8) is 0 Å². The van der Waals surface area contributed by atoms with E-state index in [1.54, 1.807) is 23.9 Å². The number of thiophene rings is 1. The number of likely N-dealkylation sites (tertiary alicyclic amines) is 1. The SMILES string of the molecule is CC1CCc2sc(C(=O)NNC(=O)C3CCN(C(=O)N(C)C)CC3)cc2C1. The monoisotopic (exact) mass is 392 g/mol. The molecule has 1 aliphatic heterocycles. The number of urea groups is 1. The van der Waals surface area contributed by atoms with E-state index in [1.807, 2.05) is 6.07 Å². The van der Waals surface area contributed by atoms with Crippen LogP contribution in [0.2, 0.25) is 0 Å². The van der Waals surface area contributed by atoms with Crippen molar-refractivity contribution < 1.29 is 14.4 Å². The number of fused-ring (bicyclic) bond motifs is 1. The van der Waals surface area contributed by atoms with Crippen molar-refractivity contribution in [3.05, 3.63) is 21.4 Å².